The molecule has 4 unspecified atom stereocenters. The molecule has 4 rings (SSSR count). The van der Waals surface area contributed by atoms with Crippen LogP contribution in [-0.2, 0) is 9.59 Å². The van der Waals surface area contributed by atoms with E-state index in [1.54, 1.807) is 0 Å². The van der Waals surface area contributed by atoms with Gasteiger partial charge in [0.15, 0.2) is 0 Å². The van der Waals surface area contributed by atoms with E-state index in [0.717, 1.165) is 38.8 Å². The molecule has 20 heavy (non-hydrogen) atoms. The number of hydrogen-bond donors (Lipinski definition) is 1. The molecule has 110 valence electrons. The summed E-state index contributed by atoms with van der Waals surface area (Å²) >= 11 is 0. The number of rotatable bonds is 2. The third-order valence-corrected chi connectivity index (χ3v) is 5.41. The Labute approximate surface area is 119 Å². The number of nitrogens with zero attached hydrogens (tertiary/aromatic N) is 1. The van der Waals surface area contributed by atoms with Gasteiger partial charge in [-0.25, -0.2) is 0 Å². The first kappa shape index (κ1) is 13.7. The molecule has 4 aliphatic rings. The summed E-state index contributed by atoms with van der Waals surface area (Å²) < 4.78 is 0. The van der Waals surface area contributed by atoms with Crippen LogP contribution in [0.3, 0.4) is 0 Å². The Morgan fingerprint density at radius 2 is 1.55 bits per heavy atom. The minimum absolute atomic E-state index is 0.0511. The minimum atomic E-state index is -0.798. The third kappa shape index (κ3) is 2.25. The van der Waals surface area contributed by atoms with Crippen molar-refractivity contribution >= 4 is 11.9 Å². The van der Waals surface area contributed by atoms with Gasteiger partial charge < -0.3 is 10.0 Å². The van der Waals surface area contributed by atoms with Gasteiger partial charge in [0, 0.05) is 13.1 Å². The number of allylic oxidation sites excluding steroid dienone is 2. The van der Waals surface area contributed by atoms with E-state index in [-0.39, 0.29) is 23.7 Å². The van der Waals surface area contributed by atoms with Crippen molar-refractivity contribution in [3.8, 4) is 0 Å². The van der Waals surface area contributed by atoms with E-state index in [9.17, 15) is 14.7 Å². The summed E-state index contributed by atoms with van der Waals surface area (Å²) in [4.78, 5) is 26.3. The molecule has 0 aromatic rings. The van der Waals surface area contributed by atoms with Gasteiger partial charge in [-0.3, -0.25) is 9.59 Å². The number of likely N-dealkylation sites (tertiary alicyclic amines) is 1. The average Bonchev–Trinajstić information content (AvgIpc) is 2.47. The standard InChI is InChI=1S/C16H23NO3/c1-10-6-8-17(9-7-10)15(18)13-11-2-4-12(5-3-11)14(13)16(19)20/h2,4,10-14H,3,5-9H2,1H3,(H,19,20). The average molecular weight is 277 g/mol. The zero-order valence-electron chi connectivity index (χ0n) is 12.0. The molecule has 1 heterocycles. The van der Waals surface area contributed by atoms with Gasteiger partial charge in [-0.05, 0) is 43.4 Å². The normalized spacial score (nSPS) is 37.1. The fourth-order valence-electron chi connectivity index (χ4n) is 4.11. The Morgan fingerprint density at radius 1 is 1.00 bits per heavy atom. The maximum atomic E-state index is 12.8. The lowest BCUT2D eigenvalue weighted by molar-refractivity contribution is -0.157. The Morgan fingerprint density at radius 3 is 2.05 bits per heavy atom. The highest BCUT2D eigenvalue weighted by Crippen LogP contribution is 2.45. The number of carbonyl (C=O) groups excluding carboxylic acids is 1. The quantitative estimate of drug-likeness (QED) is 0.787. The molecule has 1 amide bonds. The fraction of sp³-hybridized carbons (Fsp3) is 0.750. The van der Waals surface area contributed by atoms with Crippen molar-refractivity contribution in [2.45, 2.75) is 32.6 Å². The summed E-state index contributed by atoms with van der Waals surface area (Å²) in [5.41, 5.74) is 0. The topological polar surface area (TPSA) is 57.6 Å². The summed E-state index contributed by atoms with van der Waals surface area (Å²) in [6.07, 6.45) is 8.07. The first-order valence-corrected chi connectivity index (χ1v) is 7.78. The number of aliphatic carboxylic acids is 1. The minimum Gasteiger partial charge on any atom is -0.481 e. The molecule has 4 heteroatoms. The van der Waals surface area contributed by atoms with E-state index >= 15 is 0 Å². The lowest BCUT2D eigenvalue weighted by Gasteiger charge is -2.44. The predicted molar refractivity (Wildman–Crippen MR) is 74.9 cm³/mol. The SMILES string of the molecule is CC1CCN(C(=O)C2C3C=CC(CC3)C2C(=O)O)CC1. The van der Waals surface area contributed by atoms with Crippen LogP contribution in [0.1, 0.15) is 32.6 Å². The van der Waals surface area contributed by atoms with Crippen molar-refractivity contribution in [3.05, 3.63) is 12.2 Å². The molecule has 1 saturated heterocycles. The van der Waals surface area contributed by atoms with E-state index in [4.69, 9.17) is 0 Å². The number of fused-ring (bicyclic) bond motifs is 2. The highest BCUT2D eigenvalue weighted by Gasteiger charge is 2.49. The molecule has 0 spiro atoms. The first-order chi connectivity index (χ1) is 9.58. The zero-order chi connectivity index (χ0) is 14.3. The van der Waals surface area contributed by atoms with Gasteiger partial charge >= 0.3 is 5.97 Å². The Kier molecular flexibility index (Phi) is 3.57. The first-order valence-electron chi connectivity index (χ1n) is 7.78. The second kappa shape index (κ2) is 5.23. The molecule has 0 aromatic heterocycles. The lowest BCUT2D eigenvalue weighted by Crippen LogP contribution is -2.51. The predicted octanol–water partition coefficient (Wildman–Crippen LogP) is 2.16. The Balaban J connectivity index is 1.79. The van der Waals surface area contributed by atoms with Crippen LogP contribution in [0.15, 0.2) is 12.2 Å². The molecule has 0 aromatic carbocycles. The molecule has 2 bridgehead atoms. The van der Waals surface area contributed by atoms with Crippen LogP contribution < -0.4 is 0 Å². The summed E-state index contributed by atoms with van der Waals surface area (Å²) in [5.74, 6) is -0.688. The molecule has 0 radical (unpaired) electrons. The van der Waals surface area contributed by atoms with E-state index in [0.29, 0.717) is 5.92 Å². The van der Waals surface area contributed by atoms with Crippen LogP contribution in [0.4, 0.5) is 0 Å². The number of carboxylic acid groups (broad SMARTS) is 1. The summed E-state index contributed by atoms with van der Waals surface area (Å²) in [5, 5.41) is 9.52. The fourth-order valence-corrected chi connectivity index (χ4v) is 4.11. The molecular formula is C16H23NO3. The van der Waals surface area contributed by atoms with Crippen LogP contribution in [-0.4, -0.2) is 35.0 Å². The second-order valence-corrected chi connectivity index (χ2v) is 6.69. The molecule has 1 aliphatic heterocycles. The van der Waals surface area contributed by atoms with Crippen LogP contribution in [0.5, 0.6) is 0 Å². The van der Waals surface area contributed by atoms with Gasteiger partial charge in [0.1, 0.15) is 0 Å². The number of carboxylic acids is 1. The van der Waals surface area contributed by atoms with Gasteiger partial charge in [0.25, 0.3) is 0 Å². The zero-order valence-corrected chi connectivity index (χ0v) is 12.0. The molecule has 4 nitrogen and oxygen atoms in total. The van der Waals surface area contributed by atoms with Gasteiger partial charge in [-0.15, -0.1) is 0 Å². The maximum Gasteiger partial charge on any atom is 0.307 e. The van der Waals surface area contributed by atoms with Crippen LogP contribution >= 0.6 is 0 Å². The summed E-state index contributed by atoms with van der Waals surface area (Å²) in [6, 6.07) is 0. The van der Waals surface area contributed by atoms with Gasteiger partial charge in [-0.2, -0.15) is 0 Å². The van der Waals surface area contributed by atoms with Gasteiger partial charge in [-0.1, -0.05) is 19.1 Å². The van der Waals surface area contributed by atoms with Crippen molar-refractivity contribution < 1.29 is 14.7 Å². The van der Waals surface area contributed by atoms with Crippen molar-refractivity contribution in [1.82, 2.24) is 4.90 Å². The molecule has 1 N–H and O–H groups in total. The number of amides is 1. The summed E-state index contributed by atoms with van der Waals surface area (Å²) in [6.45, 7) is 3.81. The van der Waals surface area contributed by atoms with Crippen molar-refractivity contribution in [3.63, 3.8) is 0 Å². The Hall–Kier alpha value is -1.32. The second-order valence-electron chi connectivity index (χ2n) is 6.69. The largest absolute Gasteiger partial charge is 0.481 e. The maximum absolute atomic E-state index is 12.8. The monoisotopic (exact) mass is 277 g/mol. The van der Waals surface area contributed by atoms with Crippen LogP contribution in [0, 0.1) is 29.6 Å². The highest BCUT2D eigenvalue weighted by atomic mass is 16.4. The number of piperidine rings is 1. The third-order valence-electron chi connectivity index (χ3n) is 5.41. The molecule has 1 saturated carbocycles. The number of hydrogen-bond acceptors (Lipinski definition) is 2. The van der Waals surface area contributed by atoms with Gasteiger partial charge in [0.05, 0.1) is 11.8 Å². The van der Waals surface area contributed by atoms with Crippen molar-refractivity contribution in [1.29, 1.82) is 0 Å². The molecule has 4 atom stereocenters. The van der Waals surface area contributed by atoms with E-state index in [1.165, 1.54) is 0 Å². The molecule has 2 fully saturated rings. The van der Waals surface area contributed by atoms with E-state index in [2.05, 4.69) is 13.0 Å². The highest BCUT2D eigenvalue weighted by molar-refractivity contribution is 5.86. The van der Waals surface area contributed by atoms with Crippen LogP contribution in [0.2, 0.25) is 0 Å². The lowest BCUT2D eigenvalue weighted by atomic mass is 9.61. The van der Waals surface area contributed by atoms with Crippen LogP contribution in [0.25, 0.3) is 0 Å². The number of carbonyl (C=O) groups is 2. The van der Waals surface area contributed by atoms with E-state index < -0.39 is 11.9 Å². The summed E-state index contributed by atoms with van der Waals surface area (Å²) in [7, 11) is 0. The molecular weight excluding hydrogens is 254 g/mol. The van der Waals surface area contributed by atoms with Gasteiger partial charge in [0.2, 0.25) is 5.91 Å². The van der Waals surface area contributed by atoms with E-state index in [1.807, 2.05) is 11.0 Å². The Bertz CT molecular complexity index is 437. The molecule has 3 aliphatic carbocycles. The van der Waals surface area contributed by atoms with Crippen molar-refractivity contribution in [2.24, 2.45) is 29.6 Å². The smallest absolute Gasteiger partial charge is 0.307 e. The van der Waals surface area contributed by atoms with Crippen molar-refractivity contribution in [2.75, 3.05) is 13.1 Å².